The van der Waals surface area contributed by atoms with Crippen molar-refractivity contribution in [3.8, 4) is 0 Å². The number of esters is 2. The van der Waals surface area contributed by atoms with Crippen LogP contribution in [-0.2, 0) is 27.4 Å². The van der Waals surface area contributed by atoms with E-state index in [0.29, 0.717) is 17.9 Å². The largest absolute Gasteiger partial charge is 0.465 e. The average Bonchev–Trinajstić information content (AvgIpc) is 3.18. The molecule has 0 saturated carbocycles. The van der Waals surface area contributed by atoms with E-state index >= 15 is 0 Å². The van der Waals surface area contributed by atoms with Crippen LogP contribution in [0.3, 0.4) is 0 Å². The van der Waals surface area contributed by atoms with Crippen LogP contribution in [0.4, 0.5) is 0 Å². The zero-order valence-corrected chi connectivity index (χ0v) is 15.4. The molecule has 28 heavy (non-hydrogen) atoms. The summed E-state index contributed by atoms with van der Waals surface area (Å²) >= 11 is 0. The molecule has 0 amide bonds. The second-order valence-electron chi connectivity index (χ2n) is 6.01. The van der Waals surface area contributed by atoms with E-state index in [1.54, 1.807) is 36.5 Å². The third-order valence-electron chi connectivity index (χ3n) is 4.08. The van der Waals surface area contributed by atoms with Gasteiger partial charge in [-0.2, -0.15) is 0 Å². The van der Waals surface area contributed by atoms with Crippen LogP contribution < -0.4 is 0 Å². The van der Waals surface area contributed by atoms with Crippen molar-refractivity contribution >= 4 is 18.0 Å². The van der Waals surface area contributed by atoms with Gasteiger partial charge in [-0.05, 0) is 29.3 Å². The van der Waals surface area contributed by atoms with Gasteiger partial charge in [0.2, 0.25) is 0 Å². The van der Waals surface area contributed by atoms with Gasteiger partial charge in [-0.1, -0.05) is 42.5 Å². The third-order valence-corrected chi connectivity index (χ3v) is 4.08. The van der Waals surface area contributed by atoms with Crippen LogP contribution in [0.1, 0.15) is 27.3 Å². The minimum Gasteiger partial charge on any atom is -0.465 e. The number of benzene rings is 2. The fraction of sp³-hybridized carbons (Fsp3) is 0.136. The van der Waals surface area contributed by atoms with Crippen molar-refractivity contribution in [1.29, 1.82) is 0 Å². The molecule has 0 aliphatic carbocycles. The molecule has 6 nitrogen and oxygen atoms in total. The highest BCUT2D eigenvalue weighted by Crippen LogP contribution is 2.09. The zero-order chi connectivity index (χ0) is 19.8. The molecule has 3 rings (SSSR count). The zero-order valence-electron chi connectivity index (χ0n) is 15.4. The van der Waals surface area contributed by atoms with Gasteiger partial charge < -0.3 is 14.0 Å². The normalized spacial score (nSPS) is 10.8. The van der Waals surface area contributed by atoms with Crippen molar-refractivity contribution in [1.82, 2.24) is 9.55 Å². The van der Waals surface area contributed by atoms with Crippen LogP contribution in [0.15, 0.2) is 73.1 Å². The Kier molecular flexibility index (Phi) is 6.36. The predicted octanol–water partition coefficient (Wildman–Crippen LogP) is 3.47. The van der Waals surface area contributed by atoms with E-state index in [4.69, 9.17) is 4.74 Å². The van der Waals surface area contributed by atoms with Gasteiger partial charge in [0, 0.05) is 25.0 Å². The van der Waals surface area contributed by atoms with Crippen molar-refractivity contribution in [2.75, 3.05) is 7.11 Å². The van der Waals surface area contributed by atoms with Crippen molar-refractivity contribution in [2.45, 2.75) is 13.2 Å². The monoisotopic (exact) mass is 376 g/mol. The lowest BCUT2D eigenvalue weighted by Gasteiger charge is -2.08. The standard InChI is InChI=1S/C22H20N2O4/c1-27-22(26)19-10-7-17(8-11-19)9-12-21(25)28-16-20-23-13-14-24(20)15-18-5-3-2-4-6-18/h2-14H,15-16H2,1H3. The van der Waals surface area contributed by atoms with Crippen LogP contribution in [0.25, 0.3) is 6.08 Å². The van der Waals surface area contributed by atoms with Gasteiger partial charge in [-0.3, -0.25) is 0 Å². The molecular formula is C22H20N2O4. The molecule has 3 aromatic rings. The lowest BCUT2D eigenvalue weighted by atomic mass is 10.1. The summed E-state index contributed by atoms with van der Waals surface area (Å²) in [5, 5.41) is 0. The summed E-state index contributed by atoms with van der Waals surface area (Å²) in [6.07, 6.45) is 6.51. The number of imidazole rings is 1. The van der Waals surface area contributed by atoms with E-state index < -0.39 is 11.9 Å². The van der Waals surface area contributed by atoms with E-state index in [-0.39, 0.29) is 6.61 Å². The molecule has 1 heterocycles. The maximum atomic E-state index is 12.0. The molecule has 0 aliphatic rings. The summed E-state index contributed by atoms with van der Waals surface area (Å²) in [4.78, 5) is 27.6. The van der Waals surface area contributed by atoms with Gasteiger partial charge >= 0.3 is 11.9 Å². The topological polar surface area (TPSA) is 70.4 Å². The van der Waals surface area contributed by atoms with Gasteiger partial charge in [-0.15, -0.1) is 0 Å². The Labute approximate surface area is 163 Å². The number of hydrogen-bond acceptors (Lipinski definition) is 5. The molecule has 0 aliphatic heterocycles. The van der Waals surface area contributed by atoms with E-state index in [1.165, 1.54) is 13.2 Å². The first-order valence-corrected chi connectivity index (χ1v) is 8.73. The van der Waals surface area contributed by atoms with E-state index in [1.807, 2.05) is 41.1 Å². The quantitative estimate of drug-likeness (QED) is 0.466. The van der Waals surface area contributed by atoms with Crippen LogP contribution in [0.5, 0.6) is 0 Å². The predicted molar refractivity (Wildman–Crippen MR) is 104 cm³/mol. The Morgan fingerprint density at radius 2 is 1.82 bits per heavy atom. The Hall–Kier alpha value is -3.67. The molecule has 0 bridgehead atoms. The first-order valence-electron chi connectivity index (χ1n) is 8.73. The first-order chi connectivity index (χ1) is 13.7. The maximum Gasteiger partial charge on any atom is 0.337 e. The summed E-state index contributed by atoms with van der Waals surface area (Å²) in [6, 6.07) is 16.7. The summed E-state index contributed by atoms with van der Waals surface area (Å²) < 4.78 is 11.9. The summed E-state index contributed by atoms with van der Waals surface area (Å²) in [7, 11) is 1.33. The molecule has 0 radical (unpaired) electrons. The average molecular weight is 376 g/mol. The lowest BCUT2D eigenvalue weighted by molar-refractivity contribution is -0.139. The fourth-order valence-corrected chi connectivity index (χ4v) is 2.60. The minimum absolute atomic E-state index is 0.0876. The van der Waals surface area contributed by atoms with Gasteiger partial charge in [0.1, 0.15) is 12.4 Å². The number of nitrogens with zero attached hydrogens (tertiary/aromatic N) is 2. The number of carbonyl (C=O) groups excluding carboxylic acids is 2. The Bertz CT molecular complexity index is 960. The van der Waals surface area contributed by atoms with E-state index in [0.717, 1.165) is 11.1 Å². The molecule has 0 N–H and O–H groups in total. The summed E-state index contributed by atoms with van der Waals surface area (Å²) in [5.41, 5.74) is 2.37. The highest BCUT2D eigenvalue weighted by Gasteiger charge is 2.07. The molecular weight excluding hydrogens is 356 g/mol. The first kappa shape index (κ1) is 19.1. The number of carbonyl (C=O) groups is 2. The Morgan fingerprint density at radius 3 is 2.54 bits per heavy atom. The number of methoxy groups -OCH3 is 1. The molecule has 0 fully saturated rings. The molecule has 6 heteroatoms. The van der Waals surface area contributed by atoms with Crippen LogP contribution in [-0.4, -0.2) is 28.6 Å². The molecule has 0 spiro atoms. The minimum atomic E-state index is -0.466. The van der Waals surface area contributed by atoms with E-state index in [9.17, 15) is 9.59 Å². The molecule has 142 valence electrons. The van der Waals surface area contributed by atoms with Gasteiger partial charge in [-0.25, -0.2) is 14.6 Å². The van der Waals surface area contributed by atoms with E-state index in [2.05, 4.69) is 9.72 Å². The molecule has 1 aromatic heterocycles. The highest BCUT2D eigenvalue weighted by molar-refractivity contribution is 5.90. The Balaban J connectivity index is 1.54. The van der Waals surface area contributed by atoms with Crippen molar-refractivity contribution in [2.24, 2.45) is 0 Å². The van der Waals surface area contributed by atoms with Crippen molar-refractivity contribution in [3.05, 3.63) is 95.6 Å². The number of ether oxygens (including phenoxy) is 2. The molecule has 0 unspecified atom stereocenters. The van der Waals surface area contributed by atoms with Crippen molar-refractivity contribution in [3.63, 3.8) is 0 Å². The van der Waals surface area contributed by atoms with Crippen LogP contribution >= 0.6 is 0 Å². The maximum absolute atomic E-state index is 12.0. The van der Waals surface area contributed by atoms with Crippen LogP contribution in [0, 0.1) is 0 Å². The summed E-state index contributed by atoms with van der Waals surface area (Å²) in [5.74, 6) is -0.194. The third kappa shape index (κ3) is 5.17. The number of aromatic nitrogens is 2. The second kappa shape index (κ2) is 9.32. The lowest BCUT2D eigenvalue weighted by Crippen LogP contribution is -2.08. The van der Waals surface area contributed by atoms with Crippen molar-refractivity contribution < 1.29 is 19.1 Å². The molecule has 2 aromatic carbocycles. The number of rotatable bonds is 7. The fourth-order valence-electron chi connectivity index (χ4n) is 2.60. The van der Waals surface area contributed by atoms with Crippen LogP contribution in [0.2, 0.25) is 0 Å². The smallest absolute Gasteiger partial charge is 0.337 e. The van der Waals surface area contributed by atoms with Gasteiger partial charge in [0.05, 0.1) is 12.7 Å². The molecule has 0 saturated heterocycles. The highest BCUT2D eigenvalue weighted by atomic mass is 16.5. The molecule has 0 atom stereocenters. The number of hydrogen-bond donors (Lipinski definition) is 0. The summed E-state index contributed by atoms with van der Waals surface area (Å²) in [6.45, 7) is 0.750. The second-order valence-corrected chi connectivity index (χ2v) is 6.01. The Morgan fingerprint density at radius 1 is 1.07 bits per heavy atom. The van der Waals surface area contributed by atoms with Gasteiger partial charge in [0.15, 0.2) is 0 Å². The van der Waals surface area contributed by atoms with Gasteiger partial charge in [0.25, 0.3) is 0 Å². The SMILES string of the molecule is COC(=O)c1ccc(C=CC(=O)OCc2nccn2Cc2ccccc2)cc1.